The molecule has 2 heterocycles. The first-order valence-electron chi connectivity index (χ1n) is 8.98. The van der Waals surface area contributed by atoms with E-state index in [1.54, 1.807) is 37.6 Å². The molecule has 0 aliphatic heterocycles. The molecule has 0 saturated heterocycles. The van der Waals surface area contributed by atoms with Crippen molar-refractivity contribution >= 4 is 40.7 Å². The molecule has 0 aliphatic carbocycles. The van der Waals surface area contributed by atoms with Crippen LogP contribution in [0.2, 0.25) is 5.15 Å². The van der Waals surface area contributed by atoms with Crippen LogP contribution in [0.1, 0.15) is 19.8 Å². The Morgan fingerprint density at radius 1 is 1.43 bits per heavy atom. The summed E-state index contributed by atoms with van der Waals surface area (Å²) < 4.78 is 38.3. The Morgan fingerprint density at radius 2 is 2.20 bits per heavy atom. The number of carbonyl (C=O) groups excluding carboxylic acids is 1. The van der Waals surface area contributed by atoms with Crippen LogP contribution >= 0.6 is 23.4 Å². The van der Waals surface area contributed by atoms with E-state index in [0.29, 0.717) is 11.4 Å². The van der Waals surface area contributed by atoms with E-state index in [9.17, 15) is 18.0 Å². The summed E-state index contributed by atoms with van der Waals surface area (Å²) in [5.41, 5.74) is 1.11. The van der Waals surface area contributed by atoms with E-state index in [-0.39, 0.29) is 35.3 Å². The number of aromatic nitrogens is 3. The van der Waals surface area contributed by atoms with E-state index in [0.717, 1.165) is 0 Å². The fourth-order valence-electron chi connectivity index (χ4n) is 2.51. The molecular formula is C18H21ClF3N5O2S. The molecule has 0 aliphatic rings. The van der Waals surface area contributed by atoms with Crippen LogP contribution in [0.5, 0.6) is 0 Å². The molecule has 2 rings (SSSR count). The standard InChI is InChI=1S/C18H21ClF3N5O2S/c1-3-26(15-11-27(24-16(15)19)13-6-4-8-23-10-13)17(28)14(25-29-2)12-30-9-5-7-18(20,21)22/h4,6,8,10-11H,3,5,7,9,12H2,1-2H3/b25-14+. The third-order valence-corrected chi connectivity index (χ3v) is 5.17. The first-order valence-corrected chi connectivity index (χ1v) is 10.5. The molecule has 2 aromatic heterocycles. The zero-order valence-electron chi connectivity index (χ0n) is 16.4. The van der Waals surface area contributed by atoms with E-state index in [2.05, 4.69) is 15.2 Å². The van der Waals surface area contributed by atoms with Gasteiger partial charge in [0.05, 0.1) is 18.1 Å². The Labute approximate surface area is 181 Å². The van der Waals surface area contributed by atoms with Gasteiger partial charge in [0.15, 0.2) is 10.9 Å². The second-order valence-electron chi connectivity index (χ2n) is 6.00. The molecule has 12 heteroatoms. The van der Waals surface area contributed by atoms with Crippen molar-refractivity contribution in [2.24, 2.45) is 5.16 Å². The molecule has 0 bridgehead atoms. The van der Waals surface area contributed by atoms with E-state index in [1.165, 1.54) is 28.5 Å². The van der Waals surface area contributed by atoms with E-state index in [1.807, 2.05) is 0 Å². The molecule has 30 heavy (non-hydrogen) atoms. The highest BCUT2D eigenvalue weighted by atomic mass is 35.5. The number of halogens is 4. The van der Waals surface area contributed by atoms with E-state index >= 15 is 0 Å². The first-order chi connectivity index (χ1) is 14.3. The number of pyridine rings is 1. The Morgan fingerprint density at radius 3 is 2.80 bits per heavy atom. The molecule has 0 unspecified atom stereocenters. The maximum absolute atomic E-state index is 13.0. The van der Waals surface area contributed by atoms with E-state index in [4.69, 9.17) is 16.4 Å². The monoisotopic (exact) mass is 463 g/mol. The topological polar surface area (TPSA) is 72.6 Å². The lowest BCUT2D eigenvalue weighted by Gasteiger charge is -2.20. The van der Waals surface area contributed by atoms with Crippen molar-refractivity contribution in [1.82, 2.24) is 14.8 Å². The highest BCUT2D eigenvalue weighted by Gasteiger charge is 2.27. The van der Waals surface area contributed by atoms with Gasteiger partial charge in [-0.05, 0) is 31.2 Å². The normalized spacial score (nSPS) is 12.1. The van der Waals surface area contributed by atoms with Crippen LogP contribution in [0.25, 0.3) is 5.69 Å². The minimum atomic E-state index is -4.19. The summed E-state index contributed by atoms with van der Waals surface area (Å²) in [6.07, 6.45) is -0.276. The minimum absolute atomic E-state index is 0.0379. The molecule has 0 atom stereocenters. The zero-order valence-corrected chi connectivity index (χ0v) is 18.0. The van der Waals surface area contributed by atoms with Crippen molar-refractivity contribution in [3.05, 3.63) is 35.9 Å². The van der Waals surface area contributed by atoms with Crippen LogP contribution < -0.4 is 4.90 Å². The summed E-state index contributed by atoms with van der Waals surface area (Å²) >= 11 is 7.43. The Balaban J connectivity index is 2.11. The molecule has 0 spiro atoms. The number of anilines is 1. The summed E-state index contributed by atoms with van der Waals surface area (Å²) in [5, 5.41) is 8.09. The third kappa shape index (κ3) is 6.91. The average molecular weight is 464 g/mol. The van der Waals surface area contributed by atoms with E-state index < -0.39 is 18.5 Å². The number of carbonyl (C=O) groups is 1. The van der Waals surface area contributed by atoms with Gasteiger partial charge < -0.3 is 9.74 Å². The molecule has 0 radical (unpaired) electrons. The lowest BCUT2D eigenvalue weighted by molar-refractivity contribution is -0.134. The summed E-state index contributed by atoms with van der Waals surface area (Å²) in [4.78, 5) is 23.2. The van der Waals surface area contributed by atoms with Gasteiger partial charge in [-0.25, -0.2) is 4.68 Å². The fraction of sp³-hybridized carbons (Fsp3) is 0.444. The quantitative estimate of drug-likeness (QED) is 0.297. The molecule has 0 fully saturated rings. The van der Waals surface area contributed by atoms with Crippen molar-refractivity contribution in [2.75, 3.05) is 30.1 Å². The van der Waals surface area contributed by atoms with Gasteiger partial charge in [0.25, 0.3) is 5.91 Å². The van der Waals surface area contributed by atoms with Crippen molar-refractivity contribution in [2.45, 2.75) is 25.9 Å². The van der Waals surface area contributed by atoms with Crippen LogP contribution in [-0.4, -0.2) is 57.7 Å². The number of oxime groups is 1. The van der Waals surface area contributed by atoms with Crippen molar-refractivity contribution < 1.29 is 22.8 Å². The van der Waals surface area contributed by atoms with Gasteiger partial charge in [-0.1, -0.05) is 16.8 Å². The van der Waals surface area contributed by atoms with Gasteiger partial charge in [-0.3, -0.25) is 9.78 Å². The molecule has 2 aromatic rings. The van der Waals surface area contributed by atoms with Crippen molar-refractivity contribution in [1.29, 1.82) is 0 Å². The predicted octanol–water partition coefficient (Wildman–Crippen LogP) is 4.35. The average Bonchev–Trinajstić information content (AvgIpc) is 3.09. The second-order valence-corrected chi connectivity index (χ2v) is 7.47. The number of alkyl halides is 3. The van der Waals surface area contributed by atoms with Crippen LogP contribution in [-0.2, 0) is 9.63 Å². The zero-order chi connectivity index (χ0) is 22.1. The highest BCUT2D eigenvalue weighted by molar-refractivity contribution is 8.00. The lowest BCUT2D eigenvalue weighted by atomic mass is 10.3. The molecule has 164 valence electrons. The third-order valence-electron chi connectivity index (χ3n) is 3.85. The Bertz CT molecular complexity index is 861. The smallest absolute Gasteiger partial charge is 0.389 e. The summed E-state index contributed by atoms with van der Waals surface area (Å²) in [6.45, 7) is 2.04. The molecule has 0 N–H and O–H groups in total. The number of hydrogen-bond acceptors (Lipinski definition) is 6. The number of amides is 1. The molecule has 1 amide bonds. The summed E-state index contributed by atoms with van der Waals surface area (Å²) in [5.74, 6) is -0.119. The second kappa shape index (κ2) is 11.2. The summed E-state index contributed by atoms with van der Waals surface area (Å²) in [6, 6.07) is 3.53. The molecule has 0 aromatic carbocycles. The highest BCUT2D eigenvalue weighted by Crippen LogP contribution is 2.27. The largest absolute Gasteiger partial charge is 0.399 e. The van der Waals surface area contributed by atoms with Crippen LogP contribution in [0.3, 0.4) is 0 Å². The molecular weight excluding hydrogens is 443 g/mol. The van der Waals surface area contributed by atoms with Crippen LogP contribution in [0.15, 0.2) is 35.9 Å². The SMILES string of the molecule is CCN(C(=O)/C(CSCCCC(F)(F)F)=N/OC)c1cn(-c2cccnc2)nc1Cl. The lowest BCUT2D eigenvalue weighted by Crippen LogP contribution is -2.37. The Hall–Kier alpha value is -2.27. The van der Waals surface area contributed by atoms with Gasteiger partial charge in [0, 0.05) is 24.9 Å². The van der Waals surface area contributed by atoms with Gasteiger partial charge in [-0.15, -0.1) is 0 Å². The summed E-state index contributed by atoms with van der Waals surface area (Å²) in [7, 11) is 1.30. The Kier molecular flexibility index (Phi) is 8.97. The first kappa shape index (κ1) is 24.0. The maximum atomic E-state index is 13.0. The minimum Gasteiger partial charge on any atom is -0.399 e. The number of rotatable bonds is 10. The van der Waals surface area contributed by atoms with Crippen molar-refractivity contribution in [3.63, 3.8) is 0 Å². The molecule has 7 nitrogen and oxygen atoms in total. The fourth-order valence-corrected chi connectivity index (χ4v) is 3.60. The van der Waals surface area contributed by atoms with Crippen LogP contribution in [0.4, 0.5) is 18.9 Å². The van der Waals surface area contributed by atoms with Crippen LogP contribution in [0, 0.1) is 0 Å². The van der Waals surface area contributed by atoms with Gasteiger partial charge >= 0.3 is 6.18 Å². The molecule has 0 saturated carbocycles. The number of nitrogens with zero attached hydrogens (tertiary/aromatic N) is 5. The van der Waals surface area contributed by atoms with Crippen molar-refractivity contribution in [3.8, 4) is 5.69 Å². The van der Waals surface area contributed by atoms with Gasteiger partial charge in [0.1, 0.15) is 12.8 Å². The maximum Gasteiger partial charge on any atom is 0.389 e. The number of hydrogen-bond donors (Lipinski definition) is 0. The van der Waals surface area contributed by atoms with Gasteiger partial charge in [-0.2, -0.15) is 30.0 Å². The predicted molar refractivity (Wildman–Crippen MR) is 111 cm³/mol. The number of thioether (sulfide) groups is 1. The van der Waals surface area contributed by atoms with Gasteiger partial charge in [0.2, 0.25) is 0 Å².